The Hall–Kier alpha value is -2.50. The molecule has 2 aromatic rings. The largest absolute Gasteiger partial charge is 0.493 e. The molecule has 28 heavy (non-hydrogen) atoms. The molecule has 0 saturated heterocycles. The van der Waals surface area contributed by atoms with Crippen molar-refractivity contribution >= 4 is 29.3 Å². The van der Waals surface area contributed by atoms with Gasteiger partial charge in [-0.05, 0) is 49.9 Å². The van der Waals surface area contributed by atoms with Crippen LogP contribution in [-0.2, 0) is 11.2 Å². The third kappa shape index (κ3) is 4.66. The molecule has 0 N–H and O–H groups in total. The van der Waals surface area contributed by atoms with E-state index in [1.165, 1.54) is 0 Å². The van der Waals surface area contributed by atoms with Crippen molar-refractivity contribution in [3.63, 3.8) is 0 Å². The molecular weight excluding hydrogens is 376 g/mol. The lowest BCUT2D eigenvalue weighted by atomic mass is 10.1. The summed E-state index contributed by atoms with van der Waals surface area (Å²) >= 11 is 6.16. The highest BCUT2D eigenvalue weighted by atomic mass is 35.5. The predicted molar refractivity (Wildman–Crippen MR) is 114 cm³/mol. The number of amides is 1. The van der Waals surface area contributed by atoms with Gasteiger partial charge < -0.3 is 19.3 Å². The van der Waals surface area contributed by atoms with Crippen molar-refractivity contribution in [3.05, 3.63) is 58.6 Å². The van der Waals surface area contributed by atoms with E-state index in [9.17, 15) is 4.79 Å². The van der Waals surface area contributed by atoms with E-state index in [1.54, 1.807) is 30.2 Å². The topological polar surface area (TPSA) is 42.0 Å². The van der Waals surface area contributed by atoms with Crippen molar-refractivity contribution in [3.8, 4) is 11.5 Å². The summed E-state index contributed by atoms with van der Waals surface area (Å²) in [5.41, 5.74) is 2.77. The summed E-state index contributed by atoms with van der Waals surface area (Å²) in [4.78, 5) is 16.6. The number of likely N-dealkylation sites (N-methyl/N-ethyl adjacent to an activating group) is 1. The van der Waals surface area contributed by atoms with Gasteiger partial charge in [-0.3, -0.25) is 4.79 Å². The van der Waals surface area contributed by atoms with E-state index in [2.05, 4.69) is 4.90 Å². The van der Waals surface area contributed by atoms with Gasteiger partial charge >= 0.3 is 0 Å². The van der Waals surface area contributed by atoms with E-state index in [4.69, 9.17) is 21.1 Å². The van der Waals surface area contributed by atoms with Gasteiger partial charge in [0.2, 0.25) is 0 Å². The molecule has 0 aromatic heterocycles. The second kappa shape index (κ2) is 9.13. The molecule has 148 valence electrons. The van der Waals surface area contributed by atoms with Crippen LogP contribution >= 0.6 is 11.6 Å². The molecule has 0 atom stereocenters. The number of carbonyl (C=O) groups is 1. The Morgan fingerprint density at radius 2 is 2.04 bits per heavy atom. The number of anilines is 1. The minimum absolute atomic E-state index is 0.0805. The monoisotopic (exact) mass is 400 g/mol. The summed E-state index contributed by atoms with van der Waals surface area (Å²) < 4.78 is 11.4. The zero-order valence-corrected chi connectivity index (χ0v) is 17.2. The van der Waals surface area contributed by atoms with E-state index < -0.39 is 0 Å². The van der Waals surface area contributed by atoms with Gasteiger partial charge in [-0.2, -0.15) is 0 Å². The Bertz CT molecular complexity index is 880. The van der Waals surface area contributed by atoms with Crippen molar-refractivity contribution in [2.24, 2.45) is 0 Å². The van der Waals surface area contributed by atoms with E-state index in [0.717, 1.165) is 29.8 Å². The van der Waals surface area contributed by atoms with Crippen molar-refractivity contribution in [2.45, 2.75) is 6.42 Å². The highest BCUT2D eigenvalue weighted by molar-refractivity contribution is 6.32. The fourth-order valence-electron chi connectivity index (χ4n) is 3.10. The Morgan fingerprint density at radius 3 is 2.75 bits per heavy atom. The fourth-order valence-corrected chi connectivity index (χ4v) is 3.29. The van der Waals surface area contributed by atoms with Gasteiger partial charge in [0.05, 0.1) is 12.8 Å². The standard InChI is InChI=1S/C22H25ClN2O3/c1-24(2)12-13-28-21-15-19-17(14-20(21)27-3)10-11-25(19)22(26)9-8-16-6-4-5-7-18(16)23/h4-9,14-15H,10-13H2,1-3H3. The quantitative estimate of drug-likeness (QED) is 0.661. The van der Waals surface area contributed by atoms with Crippen LogP contribution in [0.4, 0.5) is 5.69 Å². The number of hydrogen-bond acceptors (Lipinski definition) is 4. The maximum Gasteiger partial charge on any atom is 0.251 e. The molecule has 1 amide bonds. The molecule has 0 fully saturated rings. The number of methoxy groups -OCH3 is 1. The molecule has 3 rings (SSSR count). The van der Waals surface area contributed by atoms with Gasteiger partial charge in [0.25, 0.3) is 5.91 Å². The number of ether oxygens (including phenoxy) is 2. The van der Waals surface area contributed by atoms with Gasteiger partial charge in [0.15, 0.2) is 11.5 Å². The lowest BCUT2D eigenvalue weighted by Crippen LogP contribution is -2.27. The first-order valence-corrected chi connectivity index (χ1v) is 9.60. The molecule has 5 nitrogen and oxygen atoms in total. The zero-order chi connectivity index (χ0) is 20.1. The molecular formula is C22H25ClN2O3. The summed E-state index contributed by atoms with van der Waals surface area (Å²) in [6, 6.07) is 11.3. The Morgan fingerprint density at radius 1 is 1.25 bits per heavy atom. The maximum atomic E-state index is 12.8. The Labute approximate surface area is 171 Å². The maximum absolute atomic E-state index is 12.8. The normalized spacial score (nSPS) is 13.2. The molecule has 0 bridgehead atoms. The van der Waals surface area contributed by atoms with Gasteiger partial charge in [0.1, 0.15) is 6.61 Å². The third-order valence-electron chi connectivity index (χ3n) is 4.63. The Balaban J connectivity index is 1.79. The van der Waals surface area contributed by atoms with Gasteiger partial charge in [-0.15, -0.1) is 0 Å². The predicted octanol–water partition coefficient (Wildman–Crippen LogP) is 3.89. The lowest BCUT2D eigenvalue weighted by molar-refractivity contribution is -0.114. The van der Waals surface area contributed by atoms with Crippen molar-refractivity contribution < 1.29 is 14.3 Å². The lowest BCUT2D eigenvalue weighted by Gasteiger charge is -2.18. The molecule has 0 aliphatic carbocycles. The molecule has 0 radical (unpaired) electrons. The average molecular weight is 401 g/mol. The molecule has 6 heteroatoms. The van der Waals surface area contributed by atoms with Crippen molar-refractivity contribution in [1.82, 2.24) is 4.90 Å². The molecule has 1 heterocycles. The van der Waals surface area contributed by atoms with Gasteiger partial charge in [-0.25, -0.2) is 0 Å². The van der Waals surface area contributed by atoms with Crippen LogP contribution in [0.5, 0.6) is 11.5 Å². The first-order chi connectivity index (χ1) is 13.5. The average Bonchev–Trinajstić information content (AvgIpc) is 3.09. The van der Waals surface area contributed by atoms with Crippen LogP contribution in [0.3, 0.4) is 0 Å². The molecule has 0 saturated carbocycles. The molecule has 1 aliphatic heterocycles. The summed E-state index contributed by atoms with van der Waals surface area (Å²) in [5.74, 6) is 1.26. The van der Waals surface area contributed by atoms with Gasteiger partial charge in [-0.1, -0.05) is 29.8 Å². The van der Waals surface area contributed by atoms with Crippen molar-refractivity contribution in [2.75, 3.05) is 45.8 Å². The van der Waals surface area contributed by atoms with E-state index in [0.29, 0.717) is 29.7 Å². The SMILES string of the molecule is COc1cc2c(cc1OCCN(C)C)N(C(=O)C=Cc1ccccc1Cl)CC2. The number of hydrogen-bond donors (Lipinski definition) is 0. The fraction of sp³-hybridized carbons (Fsp3) is 0.318. The zero-order valence-electron chi connectivity index (χ0n) is 16.4. The van der Waals surface area contributed by atoms with E-state index >= 15 is 0 Å². The van der Waals surface area contributed by atoms with Crippen LogP contribution < -0.4 is 14.4 Å². The number of carbonyl (C=O) groups excluding carboxylic acids is 1. The first-order valence-electron chi connectivity index (χ1n) is 9.22. The number of benzene rings is 2. The summed E-state index contributed by atoms with van der Waals surface area (Å²) in [5, 5.41) is 0.620. The van der Waals surface area contributed by atoms with Crippen LogP contribution in [0, 0.1) is 0 Å². The number of halogens is 1. The molecule has 0 unspecified atom stereocenters. The third-order valence-corrected chi connectivity index (χ3v) is 4.98. The Kier molecular flexibility index (Phi) is 6.60. The first kappa shape index (κ1) is 20.2. The highest BCUT2D eigenvalue weighted by Crippen LogP contribution is 2.39. The van der Waals surface area contributed by atoms with Crippen LogP contribution in [0.15, 0.2) is 42.5 Å². The smallest absolute Gasteiger partial charge is 0.251 e. The molecule has 0 spiro atoms. The second-order valence-electron chi connectivity index (χ2n) is 6.88. The van der Waals surface area contributed by atoms with Crippen LogP contribution in [0.1, 0.15) is 11.1 Å². The number of rotatable bonds is 7. The molecule has 1 aliphatic rings. The molecule has 2 aromatic carbocycles. The van der Waals surface area contributed by atoms with Crippen molar-refractivity contribution in [1.29, 1.82) is 0 Å². The van der Waals surface area contributed by atoms with E-state index in [1.807, 2.05) is 44.4 Å². The summed E-state index contributed by atoms with van der Waals surface area (Å²) in [7, 11) is 5.62. The minimum atomic E-state index is -0.0805. The highest BCUT2D eigenvalue weighted by Gasteiger charge is 2.26. The van der Waals surface area contributed by atoms with Gasteiger partial charge in [0, 0.05) is 30.3 Å². The number of fused-ring (bicyclic) bond motifs is 1. The minimum Gasteiger partial charge on any atom is -0.493 e. The van der Waals surface area contributed by atoms with E-state index in [-0.39, 0.29) is 5.91 Å². The number of nitrogens with zero attached hydrogens (tertiary/aromatic N) is 2. The second-order valence-corrected chi connectivity index (χ2v) is 7.29. The van der Waals surface area contributed by atoms with Crippen LogP contribution in [0.25, 0.3) is 6.08 Å². The van der Waals surface area contributed by atoms with Crippen LogP contribution in [-0.4, -0.2) is 51.7 Å². The summed E-state index contributed by atoms with van der Waals surface area (Å²) in [6.45, 7) is 1.97. The van der Waals surface area contributed by atoms with Crippen LogP contribution in [0.2, 0.25) is 5.02 Å². The summed E-state index contributed by atoms with van der Waals surface area (Å²) in [6.07, 6.45) is 4.10.